The molecule has 2 rings (SSSR count). The van der Waals surface area contributed by atoms with Gasteiger partial charge >= 0.3 is 11.9 Å². The first kappa shape index (κ1) is 17.8. The molecule has 24 heavy (non-hydrogen) atoms. The zero-order valence-electron chi connectivity index (χ0n) is 13.4. The van der Waals surface area contributed by atoms with E-state index in [0.717, 1.165) is 0 Å². The number of nitrogens with zero attached hydrogens (tertiary/aromatic N) is 1. The summed E-state index contributed by atoms with van der Waals surface area (Å²) in [5.41, 5.74) is 0.739. The van der Waals surface area contributed by atoms with E-state index in [0.29, 0.717) is 15.9 Å². The van der Waals surface area contributed by atoms with Crippen LogP contribution in [0.2, 0.25) is 0 Å². The molecule has 6 nitrogen and oxygen atoms in total. The van der Waals surface area contributed by atoms with Crippen molar-refractivity contribution < 1.29 is 23.8 Å². The van der Waals surface area contributed by atoms with Gasteiger partial charge in [0.15, 0.2) is 0 Å². The van der Waals surface area contributed by atoms with Gasteiger partial charge in [-0.2, -0.15) is 0 Å². The highest BCUT2D eigenvalue weighted by Crippen LogP contribution is 2.35. The summed E-state index contributed by atoms with van der Waals surface area (Å²) >= 11 is 3.45. The van der Waals surface area contributed by atoms with Gasteiger partial charge in [0.25, 0.3) is 0 Å². The Morgan fingerprint density at radius 2 is 1.75 bits per heavy atom. The van der Waals surface area contributed by atoms with Crippen LogP contribution in [0.4, 0.5) is 5.69 Å². The van der Waals surface area contributed by atoms with Crippen molar-refractivity contribution in [3.8, 4) is 5.75 Å². The number of allylic oxidation sites excluding steroid dienone is 2. The summed E-state index contributed by atoms with van der Waals surface area (Å²) in [6, 6.07) is 5.29. The summed E-state index contributed by atoms with van der Waals surface area (Å²) in [5.74, 6) is -0.705. The van der Waals surface area contributed by atoms with Gasteiger partial charge in [-0.25, -0.2) is 9.59 Å². The molecule has 0 aliphatic carbocycles. The lowest BCUT2D eigenvalue weighted by Crippen LogP contribution is -2.27. The molecule has 1 aromatic rings. The average molecular weight is 394 g/mol. The van der Waals surface area contributed by atoms with Gasteiger partial charge in [-0.3, -0.25) is 0 Å². The molecule has 0 unspecified atom stereocenters. The zero-order valence-corrected chi connectivity index (χ0v) is 15.0. The molecule has 1 aliphatic heterocycles. The van der Waals surface area contributed by atoms with Crippen molar-refractivity contribution in [1.29, 1.82) is 0 Å². The highest BCUT2D eigenvalue weighted by molar-refractivity contribution is 9.10. The monoisotopic (exact) mass is 393 g/mol. The van der Waals surface area contributed by atoms with Crippen LogP contribution >= 0.6 is 15.9 Å². The van der Waals surface area contributed by atoms with Crippen LogP contribution < -0.4 is 9.64 Å². The zero-order chi connectivity index (χ0) is 17.7. The van der Waals surface area contributed by atoms with E-state index in [1.54, 1.807) is 48.6 Å². The molecule has 0 atom stereocenters. The second-order valence-electron chi connectivity index (χ2n) is 4.63. The Morgan fingerprint density at radius 1 is 1.04 bits per heavy atom. The first-order chi connectivity index (χ1) is 11.5. The van der Waals surface area contributed by atoms with Crippen LogP contribution in [0, 0.1) is 0 Å². The molecule has 0 N–H and O–H groups in total. The van der Waals surface area contributed by atoms with Crippen molar-refractivity contribution in [3.05, 3.63) is 58.4 Å². The summed E-state index contributed by atoms with van der Waals surface area (Å²) in [6.07, 6.45) is 6.49. The Balaban J connectivity index is 2.70. The SMILES string of the molecule is COC(=O)C1=C(C(=O)OC)N(c2cc(OC)ccc2Br)C=CC=C1. The molecule has 1 heterocycles. The molecule has 0 bridgehead atoms. The van der Waals surface area contributed by atoms with E-state index in [9.17, 15) is 9.59 Å². The number of ether oxygens (including phenoxy) is 3. The highest BCUT2D eigenvalue weighted by Gasteiger charge is 2.28. The number of methoxy groups -OCH3 is 3. The number of benzene rings is 1. The van der Waals surface area contributed by atoms with Crippen LogP contribution in [0.1, 0.15) is 0 Å². The molecule has 0 aromatic heterocycles. The average Bonchev–Trinajstić information content (AvgIpc) is 2.83. The lowest BCUT2D eigenvalue weighted by Gasteiger charge is -2.24. The maximum atomic E-state index is 12.4. The molecule has 0 amide bonds. The molecule has 1 aromatic carbocycles. The summed E-state index contributed by atoms with van der Waals surface area (Å²) in [4.78, 5) is 26.0. The summed E-state index contributed by atoms with van der Waals surface area (Å²) in [6.45, 7) is 0. The number of carbonyl (C=O) groups is 2. The predicted octanol–water partition coefficient (Wildman–Crippen LogP) is 2.95. The maximum absolute atomic E-state index is 12.4. The van der Waals surface area contributed by atoms with Crippen LogP contribution in [0.25, 0.3) is 0 Å². The molecule has 126 valence electrons. The summed E-state index contributed by atoms with van der Waals surface area (Å²) in [7, 11) is 4.05. The van der Waals surface area contributed by atoms with E-state index in [1.165, 1.54) is 20.3 Å². The van der Waals surface area contributed by atoms with Crippen molar-refractivity contribution in [2.75, 3.05) is 26.2 Å². The van der Waals surface area contributed by atoms with Gasteiger partial charge in [0, 0.05) is 16.7 Å². The van der Waals surface area contributed by atoms with Gasteiger partial charge in [-0.15, -0.1) is 0 Å². The fourth-order valence-electron chi connectivity index (χ4n) is 2.16. The predicted molar refractivity (Wildman–Crippen MR) is 92.5 cm³/mol. The molecule has 0 spiro atoms. The Hall–Kier alpha value is -2.54. The van der Waals surface area contributed by atoms with Crippen LogP contribution in [0.15, 0.2) is 58.4 Å². The van der Waals surface area contributed by atoms with Crippen LogP contribution in [0.5, 0.6) is 5.75 Å². The standard InChI is InChI=1S/C17H16BrNO5/c1-22-11-7-8-13(18)14(10-11)19-9-5-4-6-12(16(20)23-2)15(19)17(21)24-3/h4-10H,1-3H3. The quantitative estimate of drug-likeness (QED) is 0.732. The minimum atomic E-state index is -0.665. The van der Waals surface area contributed by atoms with E-state index >= 15 is 0 Å². The minimum Gasteiger partial charge on any atom is -0.497 e. The number of rotatable bonds is 4. The van der Waals surface area contributed by atoms with E-state index in [2.05, 4.69) is 15.9 Å². The lowest BCUT2D eigenvalue weighted by molar-refractivity contribution is -0.139. The van der Waals surface area contributed by atoms with Crippen molar-refractivity contribution in [2.45, 2.75) is 0 Å². The minimum absolute atomic E-state index is 0.0447. The number of esters is 2. The van der Waals surface area contributed by atoms with E-state index in [4.69, 9.17) is 14.2 Å². The van der Waals surface area contributed by atoms with Crippen molar-refractivity contribution in [2.24, 2.45) is 0 Å². The maximum Gasteiger partial charge on any atom is 0.355 e. The molecule has 0 saturated heterocycles. The second kappa shape index (κ2) is 7.83. The third kappa shape index (κ3) is 3.51. The third-order valence-corrected chi connectivity index (χ3v) is 3.97. The summed E-state index contributed by atoms with van der Waals surface area (Å²) in [5, 5.41) is 0. The van der Waals surface area contributed by atoms with E-state index in [1.807, 2.05) is 0 Å². The third-order valence-electron chi connectivity index (χ3n) is 3.30. The smallest absolute Gasteiger partial charge is 0.355 e. The van der Waals surface area contributed by atoms with Gasteiger partial charge in [0.1, 0.15) is 11.4 Å². The molecule has 1 aliphatic rings. The topological polar surface area (TPSA) is 65.1 Å². The number of hydrogen-bond acceptors (Lipinski definition) is 6. The fourth-order valence-corrected chi connectivity index (χ4v) is 2.59. The van der Waals surface area contributed by atoms with Gasteiger partial charge in [-0.05, 0) is 40.2 Å². The first-order valence-corrected chi connectivity index (χ1v) is 7.71. The van der Waals surface area contributed by atoms with Gasteiger partial charge in [-0.1, -0.05) is 6.08 Å². The normalized spacial score (nSPS) is 13.6. The van der Waals surface area contributed by atoms with Crippen molar-refractivity contribution in [3.63, 3.8) is 0 Å². The Kier molecular flexibility index (Phi) is 5.81. The summed E-state index contributed by atoms with van der Waals surface area (Å²) < 4.78 is 15.6. The van der Waals surface area contributed by atoms with Crippen LogP contribution in [-0.2, 0) is 19.1 Å². The first-order valence-electron chi connectivity index (χ1n) is 6.92. The van der Waals surface area contributed by atoms with Crippen LogP contribution in [-0.4, -0.2) is 33.3 Å². The molecule has 0 saturated carbocycles. The molecule has 0 fully saturated rings. The lowest BCUT2D eigenvalue weighted by atomic mass is 10.1. The van der Waals surface area contributed by atoms with Crippen molar-refractivity contribution >= 4 is 33.6 Å². The van der Waals surface area contributed by atoms with Crippen LogP contribution in [0.3, 0.4) is 0 Å². The second-order valence-corrected chi connectivity index (χ2v) is 5.49. The largest absolute Gasteiger partial charge is 0.497 e. The number of hydrogen-bond donors (Lipinski definition) is 0. The van der Waals surface area contributed by atoms with Gasteiger partial charge < -0.3 is 19.1 Å². The Bertz CT molecular complexity index is 751. The molecule has 0 radical (unpaired) electrons. The van der Waals surface area contributed by atoms with E-state index in [-0.39, 0.29) is 11.3 Å². The fraction of sp³-hybridized carbons (Fsp3) is 0.176. The van der Waals surface area contributed by atoms with Gasteiger partial charge in [0.05, 0.1) is 32.6 Å². The molecular formula is C17H16BrNO5. The Labute approximate surface area is 148 Å². The van der Waals surface area contributed by atoms with Gasteiger partial charge in [0.2, 0.25) is 0 Å². The van der Waals surface area contributed by atoms with E-state index < -0.39 is 11.9 Å². The number of anilines is 1. The highest BCUT2D eigenvalue weighted by atomic mass is 79.9. The number of halogens is 1. The molecule has 7 heteroatoms. The van der Waals surface area contributed by atoms with Crippen molar-refractivity contribution in [1.82, 2.24) is 0 Å². The number of carbonyl (C=O) groups excluding carboxylic acids is 2. The Morgan fingerprint density at radius 3 is 2.38 bits per heavy atom. The molecular weight excluding hydrogens is 378 g/mol.